The van der Waals surface area contributed by atoms with Crippen LogP contribution in [-0.2, 0) is 14.8 Å². The van der Waals surface area contributed by atoms with Gasteiger partial charge in [-0.15, -0.1) is 0 Å². The summed E-state index contributed by atoms with van der Waals surface area (Å²) >= 11 is 0. The van der Waals surface area contributed by atoms with Crippen LogP contribution >= 0.6 is 0 Å². The Kier molecular flexibility index (Phi) is 3.43. The van der Waals surface area contributed by atoms with E-state index in [0.717, 1.165) is 10.5 Å². The fourth-order valence-electron chi connectivity index (χ4n) is 1.04. The van der Waals surface area contributed by atoms with Crippen LogP contribution in [0.1, 0.15) is 6.92 Å². The van der Waals surface area contributed by atoms with Crippen LogP contribution in [0.25, 0.3) is 0 Å². The molecule has 7 nitrogen and oxygen atoms in total. The summed E-state index contributed by atoms with van der Waals surface area (Å²) in [4.78, 5) is 16.5. The van der Waals surface area contributed by atoms with Gasteiger partial charge < -0.3 is 10.1 Å². The van der Waals surface area contributed by atoms with E-state index in [0.29, 0.717) is 0 Å². The molecule has 2 N–H and O–H groups in total. The molecule has 0 radical (unpaired) electrons. The zero-order valence-electron chi connectivity index (χ0n) is 8.04. The quantitative estimate of drug-likeness (QED) is 0.714. The van der Waals surface area contributed by atoms with Crippen LogP contribution in [0.5, 0.6) is 0 Å². The van der Waals surface area contributed by atoms with Gasteiger partial charge in [0.2, 0.25) is 0 Å². The van der Waals surface area contributed by atoms with Gasteiger partial charge in [0.15, 0.2) is 5.03 Å². The van der Waals surface area contributed by atoms with Gasteiger partial charge in [0, 0.05) is 6.54 Å². The van der Waals surface area contributed by atoms with E-state index < -0.39 is 22.5 Å². The average molecular weight is 233 g/mol. The van der Waals surface area contributed by atoms with Gasteiger partial charge in [0.25, 0.3) is 10.0 Å². The lowest BCUT2D eigenvalue weighted by Gasteiger charge is -2.16. The predicted molar refractivity (Wildman–Crippen MR) is 50.7 cm³/mol. The number of carboxylic acids is 1. The number of sulfonamides is 1. The highest BCUT2D eigenvalue weighted by molar-refractivity contribution is 7.89. The van der Waals surface area contributed by atoms with E-state index in [1.165, 1.54) is 6.33 Å². The zero-order chi connectivity index (χ0) is 11.5. The Bertz CT molecular complexity index is 425. The van der Waals surface area contributed by atoms with Crippen LogP contribution in [0, 0.1) is 0 Å². The highest BCUT2D eigenvalue weighted by Crippen LogP contribution is 2.10. The second kappa shape index (κ2) is 4.41. The molecule has 0 atom stereocenters. The molecule has 0 bridgehead atoms. The maximum Gasteiger partial charge on any atom is 0.318 e. The molecule has 0 aliphatic rings. The molecule has 1 heterocycles. The summed E-state index contributed by atoms with van der Waals surface area (Å²) in [5.74, 6) is -1.19. The van der Waals surface area contributed by atoms with Crippen LogP contribution in [0.3, 0.4) is 0 Å². The number of carboxylic acid groups (broad SMARTS) is 1. The van der Waals surface area contributed by atoms with Crippen LogP contribution in [0.15, 0.2) is 17.6 Å². The first kappa shape index (κ1) is 11.7. The van der Waals surface area contributed by atoms with E-state index in [9.17, 15) is 13.2 Å². The van der Waals surface area contributed by atoms with E-state index >= 15 is 0 Å². The van der Waals surface area contributed by atoms with E-state index in [2.05, 4.69) is 9.97 Å². The van der Waals surface area contributed by atoms with E-state index in [-0.39, 0.29) is 11.6 Å². The molecule has 0 aromatic carbocycles. The second-order valence-corrected chi connectivity index (χ2v) is 4.65. The summed E-state index contributed by atoms with van der Waals surface area (Å²) in [6.45, 7) is 1.10. The minimum Gasteiger partial charge on any atom is -0.480 e. The normalized spacial score (nSPS) is 11.9. The maximum atomic E-state index is 11.8. The molecule has 0 aliphatic carbocycles. The van der Waals surface area contributed by atoms with Crippen molar-refractivity contribution >= 4 is 16.0 Å². The number of imidazole rings is 1. The number of nitrogens with zero attached hydrogens (tertiary/aromatic N) is 2. The van der Waals surface area contributed by atoms with E-state index in [1.54, 1.807) is 6.92 Å². The third-order valence-corrected chi connectivity index (χ3v) is 3.60. The number of carbonyl (C=O) groups is 1. The molecule has 8 heteroatoms. The monoisotopic (exact) mass is 233 g/mol. The Hall–Kier alpha value is -1.41. The summed E-state index contributed by atoms with van der Waals surface area (Å²) < 4.78 is 24.4. The Morgan fingerprint density at radius 2 is 2.33 bits per heavy atom. The molecule has 84 valence electrons. The van der Waals surface area contributed by atoms with Crippen LogP contribution in [0.4, 0.5) is 0 Å². The van der Waals surface area contributed by atoms with E-state index in [1.807, 2.05) is 0 Å². The van der Waals surface area contributed by atoms with Crippen molar-refractivity contribution in [1.82, 2.24) is 14.3 Å². The highest BCUT2D eigenvalue weighted by Gasteiger charge is 2.25. The molecule has 0 spiro atoms. The number of likely N-dealkylation sites (N-methyl/N-ethyl adjacent to an activating group) is 1. The van der Waals surface area contributed by atoms with Crippen molar-refractivity contribution in [3.8, 4) is 0 Å². The number of H-pyrrole nitrogens is 1. The molecule has 1 aromatic heterocycles. The zero-order valence-corrected chi connectivity index (χ0v) is 8.86. The third-order valence-electron chi connectivity index (χ3n) is 1.76. The third kappa shape index (κ3) is 2.54. The molecule has 0 saturated heterocycles. The number of aromatic amines is 1. The highest BCUT2D eigenvalue weighted by atomic mass is 32.2. The topological polar surface area (TPSA) is 103 Å². The van der Waals surface area contributed by atoms with Crippen molar-refractivity contribution < 1.29 is 18.3 Å². The lowest BCUT2D eigenvalue weighted by molar-refractivity contribution is -0.137. The minimum absolute atomic E-state index is 0.0909. The SMILES string of the molecule is CCN(CC(=O)O)S(=O)(=O)c1cnc[nH]1. The van der Waals surface area contributed by atoms with Crippen molar-refractivity contribution in [3.05, 3.63) is 12.5 Å². The molecule has 1 rings (SSSR count). The van der Waals surface area contributed by atoms with Crippen molar-refractivity contribution in [2.45, 2.75) is 11.9 Å². The Morgan fingerprint density at radius 3 is 2.73 bits per heavy atom. The van der Waals surface area contributed by atoms with Gasteiger partial charge in [0.05, 0.1) is 12.5 Å². The lowest BCUT2D eigenvalue weighted by Crippen LogP contribution is -2.35. The summed E-state index contributed by atoms with van der Waals surface area (Å²) in [7, 11) is -3.77. The van der Waals surface area contributed by atoms with E-state index in [4.69, 9.17) is 5.11 Å². The van der Waals surface area contributed by atoms with Crippen LogP contribution in [-0.4, -0.2) is 46.9 Å². The second-order valence-electron chi connectivity index (χ2n) is 2.74. The van der Waals surface area contributed by atoms with Gasteiger partial charge in [0.1, 0.15) is 6.54 Å². The lowest BCUT2D eigenvalue weighted by atomic mass is 10.6. The first-order valence-electron chi connectivity index (χ1n) is 4.18. The smallest absolute Gasteiger partial charge is 0.318 e. The number of nitrogens with one attached hydrogen (secondary N) is 1. The number of aliphatic carboxylic acids is 1. The molecule has 0 amide bonds. The van der Waals surface area contributed by atoms with Crippen LogP contribution < -0.4 is 0 Å². The Labute approximate surface area is 86.8 Å². The molecule has 0 fully saturated rings. The summed E-state index contributed by atoms with van der Waals surface area (Å²) in [5.41, 5.74) is 0. The molecule has 0 saturated carbocycles. The first-order chi connectivity index (χ1) is 6.98. The number of aromatic nitrogens is 2. The summed E-state index contributed by atoms with van der Waals surface area (Å²) in [6.07, 6.45) is 2.36. The number of rotatable bonds is 5. The summed E-state index contributed by atoms with van der Waals surface area (Å²) in [6, 6.07) is 0. The van der Waals surface area contributed by atoms with Gasteiger partial charge in [-0.1, -0.05) is 6.92 Å². The van der Waals surface area contributed by atoms with Gasteiger partial charge in [-0.2, -0.15) is 4.31 Å². The van der Waals surface area contributed by atoms with Gasteiger partial charge in [-0.05, 0) is 0 Å². The van der Waals surface area contributed by atoms with Gasteiger partial charge in [-0.25, -0.2) is 13.4 Å². The number of hydrogen-bond donors (Lipinski definition) is 2. The van der Waals surface area contributed by atoms with Crippen LogP contribution in [0.2, 0.25) is 0 Å². The molecule has 15 heavy (non-hydrogen) atoms. The van der Waals surface area contributed by atoms with Gasteiger partial charge in [-0.3, -0.25) is 4.79 Å². The molecular formula is C7H11N3O4S. The average Bonchev–Trinajstić information content (AvgIpc) is 2.66. The fourth-order valence-corrected chi connectivity index (χ4v) is 2.34. The standard InChI is InChI=1S/C7H11N3O4S/c1-2-10(4-7(11)12)15(13,14)6-3-8-5-9-6/h3,5H,2,4H2,1H3,(H,8,9)(H,11,12). The predicted octanol–water partition coefficient (Wildman–Crippen LogP) is -0.495. The van der Waals surface area contributed by atoms with Crippen molar-refractivity contribution in [2.75, 3.05) is 13.1 Å². The van der Waals surface area contributed by atoms with Crippen molar-refractivity contribution in [2.24, 2.45) is 0 Å². The largest absolute Gasteiger partial charge is 0.480 e. The van der Waals surface area contributed by atoms with Crippen molar-refractivity contribution in [3.63, 3.8) is 0 Å². The fraction of sp³-hybridized carbons (Fsp3) is 0.429. The Balaban J connectivity index is 2.98. The first-order valence-corrected chi connectivity index (χ1v) is 5.62. The Morgan fingerprint density at radius 1 is 1.67 bits per heavy atom. The molecule has 0 unspecified atom stereocenters. The minimum atomic E-state index is -3.77. The molecule has 0 aliphatic heterocycles. The maximum absolute atomic E-state index is 11.8. The van der Waals surface area contributed by atoms with Crippen molar-refractivity contribution in [1.29, 1.82) is 0 Å². The van der Waals surface area contributed by atoms with Gasteiger partial charge >= 0.3 is 5.97 Å². The summed E-state index contributed by atoms with van der Waals surface area (Å²) in [5, 5.41) is 8.44. The molecular weight excluding hydrogens is 222 g/mol. The number of hydrogen-bond acceptors (Lipinski definition) is 4. The molecule has 1 aromatic rings.